The van der Waals surface area contributed by atoms with Crippen molar-refractivity contribution in [3.63, 3.8) is 0 Å². The minimum absolute atomic E-state index is 0.0527. The van der Waals surface area contributed by atoms with Crippen molar-refractivity contribution in [3.05, 3.63) is 10.4 Å². The number of aliphatic hydroxyl groups is 3. The van der Waals surface area contributed by atoms with Crippen molar-refractivity contribution in [2.45, 2.75) is 24.4 Å². The van der Waals surface area contributed by atoms with Gasteiger partial charge in [0.1, 0.15) is 30.6 Å². The zero-order chi connectivity index (χ0) is 14.3. The van der Waals surface area contributed by atoms with Crippen molar-refractivity contribution >= 4 is 16.7 Å². The first kappa shape index (κ1) is 16.7. The van der Waals surface area contributed by atoms with Gasteiger partial charge < -0.3 is 20.1 Å². The highest BCUT2D eigenvalue weighted by atomic mass is 32.3. The average molecular weight is 285 g/mol. The summed E-state index contributed by atoms with van der Waals surface area (Å²) < 4.78 is 33.4. The lowest BCUT2D eigenvalue weighted by Crippen LogP contribution is -2.48. The second-order valence-corrected chi connectivity index (χ2v) is 4.11. The molecule has 0 radical (unpaired) electrons. The fraction of sp³-hybridized carbons (Fsp3) is 0.833. The predicted octanol–water partition coefficient (Wildman–Crippen LogP) is -2.23. The van der Waals surface area contributed by atoms with E-state index in [9.17, 15) is 18.3 Å². The number of hydrogen-bond donors (Lipinski definition) is 4. The number of aldehydes is 1. The second kappa shape index (κ2) is 7.23. The van der Waals surface area contributed by atoms with Crippen molar-refractivity contribution in [2.75, 3.05) is 6.61 Å². The molecule has 4 N–H and O–H groups in total. The first-order valence-corrected chi connectivity index (χ1v) is 5.75. The Hall–Kier alpha value is -1.27. The molecule has 0 rings (SSSR count). The Morgan fingerprint density at radius 3 is 2.33 bits per heavy atom. The largest absolute Gasteiger partial charge is 0.397 e. The molecule has 0 amide bonds. The molecular weight excluding hydrogens is 274 g/mol. The van der Waals surface area contributed by atoms with E-state index in [1.165, 1.54) is 0 Å². The summed E-state index contributed by atoms with van der Waals surface area (Å²) in [5.74, 6) is 0. The molecule has 104 valence electrons. The van der Waals surface area contributed by atoms with E-state index in [0.29, 0.717) is 0 Å². The molecule has 18 heavy (non-hydrogen) atoms. The molecule has 0 aliphatic carbocycles. The van der Waals surface area contributed by atoms with Crippen LogP contribution in [0.5, 0.6) is 0 Å². The number of carbonyl (C=O) groups excluding carboxylic acids is 1. The highest BCUT2D eigenvalue weighted by Crippen LogP contribution is 2.13. The molecule has 0 saturated heterocycles. The van der Waals surface area contributed by atoms with E-state index in [0.717, 1.165) is 0 Å². The van der Waals surface area contributed by atoms with Gasteiger partial charge in [-0.1, -0.05) is 5.11 Å². The van der Waals surface area contributed by atoms with Crippen LogP contribution in [0.3, 0.4) is 0 Å². The summed E-state index contributed by atoms with van der Waals surface area (Å²) in [6.45, 7) is -0.978. The molecule has 0 aromatic rings. The van der Waals surface area contributed by atoms with E-state index in [1.54, 1.807) is 0 Å². The van der Waals surface area contributed by atoms with Gasteiger partial charge in [-0.3, -0.25) is 4.55 Å². The third kappa shape index (κ3) is 5.37. The Kier molecular flexibility index (Phi) is 6.72. The topological polar surface area (TPSA) is 190 Å². The summed E-state index contributed by atoms with van der Waals surface area (Å²) in [6.07, 6.45) is -6.08. The molecule has 0 spiro atoms. The summed E-state index contributed by atoms with van der Waals surface area (Å²) in [5, 5.41) is 29.9. The van der Waals surface area contributed by atoms with E-state index in [1.807, 2.05) is 0 Å². The third-order valence-electron chi connectivity index (χ3n) is 1.81. The van der Waals surface area contributed by atoms with Gasteiger partial charge >= 0.3 is 10.4 Å². The molecule has 0 saturated carbocycles. The molecule has 0 aromatic heterocycles. The van der Waals surface area contributed by atoms with Gasteiger partial charge in [-0.05, 0) is 5.53 Å². The normalized spacial score (nSPS) is 18.2. The number of carbonyl (C=O) groups is 1. The summed E-state index contributed by atoms with van der Waals surface area (Å²) in [7, 11) is -5.08. The molecule has 0 unspecified atom stereocenters. The molecule has 0 aliphatic rings. The first-order chi connectivity index (χ1) is 8.26. The first-order valence-electron chi connectivity index (χ1n) is 4.39. The van der Waals surface area contributed by atoms with Gasteiger partial charge in [0.2, 0.25) is 0 Å². The van der Waals surface area contributed by atoms with E-state index in [4.69, 9.17) is 20.3 Å². The molecule has 0 aliphatic heterocycles. The molecule has 0 bridgehead atoms. The molecule has 0 heterocycles. The molecule has 12 heteroatoms. The van der Waals surface area contributed by atoms with Crippen molar-refractivity contribution in [2.24, 2.45) is 5.11 Å². The molecule has 0 fully saturated rings. The number of azide groups is 1. The summed E-state index contributed by atoms with van der Waals surface area (Å²) in [5.41, 5.74) is 8.13. The lowest BCUT2D eigenvalue weighted by atomic mass is 10.0. The van der Waals surface area contributed by atoms with Gasteiger partial charge in [-0.15, -0.1) is 0 Å². The lowest BCUT2D eigenvalue weighted by molar-refractivity contribution is -0.116. The molecule has 4 atom stereocenters. The van der Waals surface area contributed by atoms with Gasteiger partial charge in [0.05, 0.1) is 6.61 Å². The number of aliphatic hydroxyl groups excluding tert-OH is 3. The Labute approximate surface area is 101 Å². The van der Waals surface area contributed by atoms with Crippen LogP contribution in [0.15, 0.2) is 5.11 Å². The smallest absolute Gasteiger partial charge is 0.394 e. The Balaban J connectivity index is 5.26. The fourth-order valence-corrected chi connectivity index (χ4v) is 1.52. The van der Waals surface area contributed by atoms with E-state index in [-0.39, 0.29) is 6.29 Å². The minimum Gasteiger partial charge on any atom is -0.394 e. The van der Waals surface area contributed by atoms with E-state index in [2.05, 4.69) is 14.2 Å². The van der Waals surface area contributed by atoms with Gasteiger partial charge in [-0.2, -0.15) is 8.42 Å². The van der Waals surface area contributed by atoms with E-state index >= 15 is 0 Å². The number of hydrogen-bond acceptors (Lipinski definition) is 8. The summed E-state index contributed by atoms with van der Waals surface area (Å²) in [6, 6.07) is -1.83. The number of rotatable bonds is 8. The maximum absolute atomic E-state index is 10.6. The van der Waals surface area contributed by atoms with Crippen LogP contribution in [-0.2, 0) is 19.4 Å². The Morgan fingerprint density at radius 1 is 1.44 bits per heavy atom. The van der Waals surface area contributed by atoms with Crippen LogP contribution in [0, 0.1) is 0 Å². The van der Waals surface area contributed by atoms with Crippen molar-refractivity contribution < 1.29 is 37.3 Å². The van der Waals surface area contributed by atoms with Gasteiger partial charge in [0, 0.05) is 4.91 Å². The highest BCUT2D eigenvalue weighted by molar-refractivity contribution is 7.80. The summed E-state index contributed by atoms with van der Waals surface area (Å²) >= 11 is 0. The highest BCUT2D eigenvalue weighted by Gasteiger charge is 2.36. The average Bonchev–Trinajstić information content (AvgIpc) is 2.30. The van der Waals surface area contributed by atoms with E-state index < -0.39 is 41.4 Å². The van der Waals surface area contributed by atoms with Gasteiger partial charge in [0.25, 0.3) is 0 Å². The Bertz CT molecular complexity index is 419. The van der Waals surface area contributed by atoms with Gasteiger partial charge in [-0.25, -0.2) is 4.18 Å². The fourth-order valence-electron chi connectivity index (χ4n) is 1.01. The Morgan fingerprint density at radius 2 is 2.00 bits per heavy atom. The van der Waals surface area contributed by atoms with Crippen LogP contribution < -0.4 is 0 Å². The van der Waals surface area contributed by atoms with Crippen molar-refractivity contribution in [1.29, 1.82) is 0 Å². The number of nitrogens with zero attached hydrogens (tertiary/aromatic N) is 3. The quantitative estimate of drug-likeness (QED) is 0.126. The molecular formula is C6H11N3O8S. The second-order valence-electron chi connectivity index (χ2n) is 3.06. The van der Waals surface area contributed by atoms with Crippen LogP contribution >= 0.6 is 0 Å². The SMILES string of the molecule is [N-]=[N+]=N[C@@H](C=O)[C@@H](OS(=O)(=O)O)[C@H](O)[C@H](O)CO. The third-order valence-corrected chi connectivity index (χ3v) is 2.28. The van der Waals surface area contributed by atoms with Crippen molar-refractivity contribution in [3.8, 4) is 0 Å². The van der Waals surface area contributed by atoms with Crippen LogP contribution in [0.2, 0.25) is 0 Å². The van der Waals surface area contributed by atoms with Gasteiger partial charge in [0.15, 0.2) is 0 Å². The maximum atomic E-state index is 10.6. The monoisotopic (exact) mass is 285 g/mol. The standard InChI is InChI=1S/C6H11N3O8S/c7-9-8-3(1-10)6(17-18(14,15)16)5(13)4(12)2-11/h1,3-6,11-13H,2H2,(H,14,15,16)/t3-,4+,5+,6+/m0/s1. The lowest BCUT2D eigenvalue weighted by Gasteiger charge is -2.26. The molecule has 0 aromatic carbocycles. The molecule has 11 nitrogen and oxygen atoms in total. The zero-order valence-electron chi connectivity index (χ0n) is 8.77. The summed E-state index contributed by atoms with van der Waals surface area (Å²) in [4.78, 5) is 12.8. The van der Waals surface area contributed by atoms with Crippen LogP contribution in [0.25, 0.3) is 10.4 Å². The van der Waals surface area contributed by atoms with Crippen LogP contribution in [-0.4, -0.2) is 65.5 Å². The predicted molar refractivity (Wildman–Crippen MR) is 54.5 cm³/mol. The minimum atomic E-state index is -5.08. The maximum Gasteiger partial charge on any atom is 0.397 e. The zero-order valence-corrected chi connectivity index (χ0v) is 9.58. The van der Waals surface area contributed by atoms with Crippen LogP contribution in [0.1, 0.15) is 0 Å². The van der Waals surface area contributed by atoms with Crippen LogP contribution in [0.4, 0.5) is 0 Å². The van der Waals surface area contributed by atoms with Crippen molar-refractivity contribution in [1.82, 2.24) is 0 Å².